The summed E-state index contributed by atoms with van der Waals surface area (Å²) in [4.78, 5) is 25.4. The van der Waals surface area contributed by atoms with Gasteiger partial charge < -0.3 is 21.3 Å². The lowest BCUT2D eigenvalue weighted by Crippen LogP contribution is -2.15. The zero-order valence-electron chi connectivity index (χ0n) is 30.0. The van der Waals surface area contributed by atoms with Crippen LogP contribution in [-0.2, 0) is 0 Å². The van der Waals surface area contributed by atoms with E-state index in [1.54, 1.807) is 67.0 Å². The largest absolute Gasteiger partial charge is 0.506 e. The molecule has 0 spiro atoms. The Bertz CT molecular complexity index is 2750. The van der Waals surface area contributed by atoms with Gasteiger partial charge in [-0.15, -0.1) is 0 Å². The molecule has 59 heavy (non-hydrogen) atoms. The van der Waals surface area contributed by atoms with E-state index in [0.29, 0.717) is 60.2 Å². The molecule has 0 aliphatic rings. The van der Waals surface area contributed by atoms with Gasteiger partial charge in [0.2, 0.25) is 0 Å². The van der Waals surface area contributed by atoms with Crippen molar-refractivity contribution in [1.29, 1.82) is 0 Å². The molecule has 0 amide bonds. The second kappa shape index (κ2) is 20.4. The minimum Gasteiger partial charge on any atom is -0.506 e. The average molecular weight is 883 g/mol. The monoisotopic (exact) mass is 880 g/mol. The van der Waals surface area contributed by atoms with Gasteiger partial charge in [-0.05, 0) is 54.1 Å². The van der Waals surface area contributed by atoms with Crippen molar-refractivity contribution in [3.8, 4) is 11.5 Å². The van der Waals surface area contributed by atoms with E-state index < -0.39 is 29.3 Å². The number of halogens is 8. The summed E-state index contributed by atoms with van der Waals surface area (Å²) >= 11 is 23.6. The van der Waals surface area contributed by atoms with Crippen molar-refractivity contribution >= 4 is 86.1 Å². The fourth-order valence-electron chi connectivity index (χ4n) is 5.20. The minimum atomic E-state index is -0.876. The van der Waals surface area contributed by atoms with Gasteiger partial charge in [0.05, 0.1) is 23.5 Å². The summed E-state index contributed by atoms with van der Waals surface area (Å²) in [6.45, 7) is 0. The number of anilines is 2. The lowest BCUT2D eigenvalue weighted by atomic mass is 9.96. The van der Waals surface area contributed by atoms with E-state index >= 15 is 0 Å². The number of nitrogens with zero attached hydrogens (tertiary/aromatic N) is 4. The highest BCUT2D eigenvalue weighted by atomic mass is 35.5. The molecule has 4 aromatic heterocycles. The van der Waals surface area contributed by atoms with Crippen LogP contribution in [0.4, 0.5) is 29.2 Å². The summed E-state index contributed by atoms with van der Waals surface area (Å²) < 4.78 is 51.7. The number of aromatic nitrogens is 4. The van der Waals surface area contributed by atoms with E-state index in [4.69, 9.17) is 52.1 Å². The number of phenolic OH excluding ortho intramolecular Hbond substituents is 2. The number of fused-ring (bicyclic) bond motifs is 2. The van der Waals surface area contributed by atoms with Gasteiger partial charge in [-0.3, -0.25) is 14.8 Å². The summed E-state index contributed by atoms with van der Waals surface area (Å²) in [5.41, 5.74) is 7.36. The van der Waals surface area contributed by atoms with Crippen LogP contribution >= 0.6 is 46.4 Å². The number of nitrogen functional groups attached to an aromatic ring is 1. The van der Waals surface area contributed by atoms with Crippen LogP contribution in [0, 0.1) is 23.3 Å². The van der Waals surface area contributed by atoms with Crippen molar-refractivity contribution in [1.82, 2.24) is 19.9 Å². The third-order valence-electron chi connectivity index (χ3n) is 7.99. The number of hydrogen-bond donors (Lipinski definition) is 4. The Kier molecular flexibility index (Phi) is 15.2. The van der Waals surface area contributed by atoms with Crippen molar-refractivity contribution < 1.29 is 32.6 Å². The third-order valence-corrected chi connectivity index (χ3v) is 9.11. The number of benzene rings is 4. The third kappa shape index (κ3) is 11.7. The summed E-state index contributed by atoms with van der Waals surface area (Å²) in [7, 11) is 0. The zero-order valence-corrected chi connectivity index (χ0v) is 33.0. The van der Waals surface area contributed by atoms with Gasteiger partial charge in [-0.2, -0.15) is 0 Å². The number of hydrogen-bond acceptors (Lipinski definition) is 9. The molecule has 1 unspecified atom stereocenters. The average Bonchev–Trinajstić information content (AvgIpc) is 3.21. The number of para-hydroxylation sites is 1. The minimum absolute atomic E-state index is 0.0888. The molecule has 4 aromatic carbocycles. The molecule has 0 saturated carbocycles. The molecule has 300 valence electrons. The number of carbonyl (C=O) groups is 1. The van der Waals surface area contributed by atoms with E-state index in [9.17, 15) is 32.6 Å². The maximum absolute atomic E-state index is 14.3. The Hall–Kier alpha value is -6.25. The second-order valence-corrected chi connectivity index (χ2v) is 13.6. The number of phenols is 2. The van der Waals surface area contributed by atoms with E-state index in [0.717, 1.165) is 29.2 Å². The first-order chi connectivity index (χ1) is 28.2. The maximum atomic E-state index is 14.3. The number of pyridine rings is 4. The van der Waals surface area contributed by atoms with E-state index in [1.807, 2.05) is 24.3 Å². The Morgan fingerprint density at radius 2 is 1.20 bits per heavy atom. The van der Waals surface area contributed by atoms with Gasteiger partial charge in [-0.25, -0.2) is 27.5 Å². The second-order valence-electron chi connectivity index (χ2n) is 12.0. The SMILES string of the molecule is Nc1ncc(F)cc1F.O=Cc1ccc(Cl)cc1Cl.Oc1c(C(Nc2ncc(F)cc2F)c2ccc(Cl)cc2Cl)ccc2cccnc12.Oc1cccc2cccnc12. The molecule has 1 atom stereocenters. The summed E-state index contributed by atoms with van der Waals surface area (Å²) in [6, 6.07) is 26.3. The predicted molar refractivity (Wildman–Crippen MR) is 223 cm³/mol. The maximum Gasteiger partial charge on any atom is 0.168 e. The van der Waals surface area contributed by atoms with Crippen LogP contribution in [-0.4, -0.2) is 36.4 Å². The van der Waals surface area contributed by atoms with Gasteiger partial charge in [0.15, 0.2) is 29.6 Å². The van der Waals surface area contributed by atoms with Gasteiger partial charge in [0, 0.05) is 61.5 Å². The molecule has 0 saturated heterocycles. The molecule has 8 rings (SSSR count). The molecule has 0 aliphatic heterocycles. The number of nitrogens with two attached hydrogens (primary N) is 1. The zero-order chi connectivity index (χ0) is 42.6. The Labute approximate surface area is 353 Å². The first kappa shape index (κ1) is 43.9. The molecule has 5 N–H and O–H groups in total. The summed E-state index contributed by atoms with van der Waals surface area (Å²) in [6.07, 6.45) is 5.68. The van der Waals surface area contributed by atoms with E-state index in [2.05, 4.69) is 25.3 Å². The lowest BCUT2D eigenvalue weighted by molar-refractivity contribution is 0.112. The van der Waals surface area contributed by atoms with Crippen LogP contribution in [0.3, 0.4) is 0 Å². The van der Waals surface area contributed by atoms with Crippen LogP contribution in [0.5, 0.6) is 11.5 Å². The van der Waals surface area contributed by atoms with Crippen LogP contribution in [0.1, 0.15) is 27.5 Å². The van der Waals surface area contributed by atoms with Gasteiger partial charge in [-0.1, -0.05) is 88.9 Å². The van der Waals surface area contributed by atoms with Crippen molar-refractivity contribution in [3.63, 3.8) is 0 Å². The molecule has 17 heteroatoms. The van der Waals surface area contributed by atoms with Gasteiger partial charge in [0.25, 0.3) is 0 Å². The fraction of sp³-hybridized carbons (Fsp3) is 0.0238. The quantitative estimate of drug-likeness (QED) is 0.0979. The van der Waals surface area contributed by atoms with E-state index in [-0.39, 0.29) is 23.1 Å². The topological polar surface area (TPSA) is 147 Å². The first-order valence-corrected chi connectivity index (χ1v) is 18.4. The Balaban J connectivity index is 0.000000179. The number of nitrogens with one attached hydrogen (secondary N) is 1. The van der Waals surface area contributed by atoms with Crippen LogP contribution < -0.4 is 11.1 Å². The summed E-state index contributed by atoms with van der Waals surface area (Å²) in [5.74, 6) is -3.54. The van der Waals surface area contributed by atoms with Crippen molar-refractivity contribution in [3.05, 3.63) is 188 Å². The normalized spacial score (nSPS) is 10.9. The molecule has 0 bridgehead atoms. The number of carbonyl (C=O) groups excluding carboxylic acids is 1. The van der Waals surface area contributed by atoms with Crippen molar-refractivity contribution in [2.24, 2.45) is 0 Å². The highest BCUT2D eigenvalue weighted by Crippen LogP contribution is 2.39. The predicted octanol–water partition coefficient (Wildman–Crippen LogP) is 11.8. The van der Waals surface area contributed by atoms with Gasteiger partial charge >= 0.3 is 0 Å². The highest BCUT2D eigenvalue weighted by molar-refractivity contribution is 6.36. The molecule has 0 radical (unpaired) electrons. The molecule has 0 fully saturated rings. The molecular formula is C42H28Cl4F4N6O3. The van der Waals surface area contributed by atoms with Crippen molar-refractivity contribution in [2.45, 2.75) is 6.04 Å². The molecule has 9 nitrogen and oxygen atoms in total. The highest BCUT2D eigenvalue weighted by Gasteiger charge is 2.24. The Morgan fingerprint density at radius 1 is 0.627 bits per heavy atom. The number of aldehydes is 1. The van der Waals surface area contributed by atoms with Crippen molar-refractivity contribution in [2.75, 3.05) is 11.1 Å². The molecule has 8 aromatic rings. The van der Waals surface area contributed by atoms with Gasteiger partial charge in [0.1, 0.15) is 34.2 Å². The fourth-order valence-corrected chi connectivity index (χ4v) is 6.18. The number of aromatic hydroxyl groups is 2. The van der Waals surface area contributed by atoms with Crippen LogP contribution in [0.15, 0.2) is 128 Å². The first-order valence-electron chi connectivity index (χ1n) is 16.8. The molecule has 0 aliphatic carbocycles. The molecular weight excluding hydrogens is 854 g/mol. The smallest absolute Gasteiger partial charge is 0.168 e. The molecule has 4 heterocycles. The number of rotatable bonds is 5. The lowest BCUT2D eigenvalue weighted by Gasteiger charge is -2.23. The summed E-state index contributed by atoms with van der Waals surface area (Å²) in [5, 5.41) is 26.4. The van der Waals surface area contributed by atoms with Crippen LogP contribution in [0.25, 0.3) is 21.8 Å². The standard InChI is InChI=1S/C21H13Cl2F2N3O.C9H7NO.C7H4Cl2O.C5H4F2N2/c22-12-4-6-14(16(23)8-12)19(28-21-17(25)9-13(24)10-27-21)15-5-3-11-2-1-7-26-18(11)20(15)29;11-8-5-1-3-7-4-2-6-10-9(7)8;8-6-2-1-5(4-10)7(9)3-6;6-3-1-4(7)5(8)9-2-3/h1-10,19,29H,(H,27,28);1-6,11H;1-4H;1-2H,(H2,8,9). The van der Waals surface area contributed by atoms with Crippen LogP contribution in [0.2, 0.25) is 20.1 Å². The van der Waals surface area contributed by atoms with E-state index in [1.165, 1.54) is 12.1 Å². The Morgan fingerprint density at radius 3 is 1.80 bits per heavy atom.